The molecule has 5 rings (SSSR count). The van der Waals surface area contributed by atoms with E-state index in [0.29, 0.717) is 41.3 Å². The molecule has 2 aliphatic rings. The molecule has 0 saturated carbocycles. The lowest BCUT2D eigenvalue weighted by Gasteiger charge is -2.32. The number of hydrogen-bond acceptors (Lipinski definition) is 6. The fraction of sp³-hybridized carbons (Fsp3) is 0.240. The molecule has 9 heteroatoms. The van der Waals surface area contributed by atoms with Crippen LogP contribution >= 0.6 is 23.1 Å². The van der Waals surface area contributed by atoms with Gasteiger partial charge in [-0.1, -0.05) is 24.3 Å². The largest absolute Gasteiger partial charge is 0.497 e. The number of anilines is 2. The average Bonchev–Trinajstić information content (AvgIpc) is 3.58. The number of ether oxygens (including phenoxy) is 1. The van der Waals surface area contributed by atoms with Gasteiger partial charge >= 0.3 is 0 Å². The van der Waals surface area contributed by atoms with Crippen molar-refractivity contribution in [2.24, 2.45) is 0 Å². The molecule has 0 radical (unpaired) electrons. The number of carbonyl (C=O) groups is 3. The molecule has 0 spiro atoms. The monoisotopic (exact) mass is 493 g/mol. The van der Waals surface area contributed by atoms with Crippen LogP contribution in [0, 0.1) is 0 Å². The SMILES string of the molecule is COc1cccc(NC(=O)c2ccccc2NC(=O)[C@H]2CS[C@@]3(c4cccs4)CCC(=O)N23)c1. The second-order valence-corrected chi connectivity index (χ2v) is 10.3. The zero-order valence-corrected chi connectivity index (χ0v) is 20.1. The van der Waals surface area contributed by atoms with E-state index in [9.17, 15) is 14.4 Å². The first-order valence-corrected chi connectivity index (χ1v) is 12.7. The van der Waals surface area contributed by atoms with E-state index in [-0.39, 0.29) is 17.7 Å². The lowest BCUT2D eigenvalue weighted by molar-refractivity contribution is -0.136. The zero-order chi connectivity index (χ0) is 23.7. The molecule has 174 valence electrons. The minimum Gasteiger partial charge on any atom is -0.497 e. The Hall–Kier alpha value is -3.30. The average molecular weight is 494 g/mol. The maximum atomic E-state index is 13.4. The van der Waals surface area contributed by atoms with Crippen molar-refractivity contribution in [3.05, 3.63) is 76.5 Å². The third kappa shape index (κ3) is 3.95. The number of thioether (sulfide) groups is 1. The van der Waals surface area contributed by atoms with Gasteiger partial charge in [-0.05, 0) is 42.1 Å². The molecule has 3 heterocycles. The number of benzene rings is 2. The fourth-order valence-electron chi connectivity index (χ4n) is 4.49. The van der Waals surface area contributed by atoms with Crippen molar-refractivity contribution in [1.82, 2.24) is 4.90 Å². The minimum absolute atomic E-state index is 0.0115. The number of methoxy groups -OCH3 is 1. The predicted octanol–water partition coefficient (Wildman–Crippen LogP) is 4.54. The van der Waals surface area contributed by atoms with Crippen LogP contribution in [0.15, 0.2) is 66.0 Å². The number of thiophene rings is 1. The van der Waals surface area contributed by atoms with Gasteiger partial charge in [-0.25, -0.2) is 0 Å². The standard InChI is InChI=1S/C25H23N3O4S2/c1-32-17-7-4-6-16(14-17)26-23(30)18-8-2-3-9-19(18)27-24(31)20-15-34-25(21-10-5-13-33-21)12-11-22(29)28(20)25/h2-10,13-14,20H,11-12,15H2,1H3,(H,26,30)(H,27,31)/t20-,25-/m1/s1. The third-order valence-corrected chi connectivity index (χ3v) is 8.82. The first-order valence-electron chi connectivity index (χ1n) is 10.9. The summed E-state index contributed by atoms with van der Waals surface area (Å²) in [6.07, 6.45) is 1.12. The van der Waals surface area contributed by atoms with Crippen LogP contribution < -0.4 is 15.4 Å². The first-order chi connectivity index (χ1) is 16.5. The fourth-order valence-corrected chi connectivity index (χ4v) is 7.21. The summed E-state index contributed by atoms with van der Waals surface area (Å²) in [5.74, 6) is 0.483. The summed E-state index contributed by atoms with van der Waals surface area (Å²) in [6, 6.07) is 17.3. The van der Waals surface area contributed by atoms with E-state index >= 15 is 0 Å². The van der Waals surface area contributed by atoms with Crippen LogP contribution in [0.25, 0.3) is 0 Å². The Balaban J connectivity index is 1.36. The van der Waals surface area contributed by atoms with Crippen LogP contribution in [0.4, 0.5) is 11.4 Å². The summed E-state index contributed by atoms with van der Waals surface area (Å²) in [5.41, 5.74) is 1.32. The number of rotatable bonds is 6. The summed E-state index contributed by atoms with van der Waals surface area (Å²) in [7, 11) is 1.56. The second-order valence-electron chi connectivity index (χ2n) is 8.07. The summed E-state index contributed by atoms with van der Waals surface area (Å²) in [4.78, 5) is 41.6. The smallest absolute Gasteiger partial charge is 0.257 e. The van der Waals surface area contributed by atoms with E-state index < -0.39 is 10.9 Å². The minimum atomic E-state index is -0.600. The zero-order valence-electron chi connectivity index (χ0n) is 18.4. The highest BCUT2D eigenvalue weighted by atomic mass is 32.2. The number of fused-ring (bicyclic) bond motifs is 1. The molecule has 34 heavy (non-hydrogen) atoms. The number of para-hydroxylation sites is 1. The molecular weight excluding hydrogens is 470 g/mol. The van der Waals surface area contributed by atoms with E-state index in [1.54, 1.807) is 83.6 Å². The molecule has 2 saturated heterocycles. The molecule has 2 aliphatic heterocycles. The van der Waals surface area contributed by atoms with E-state index in [0.717, 1.165) is 4.88 Å². The van der Waals surface area contributed by atoms with Gasteiger partial charge in [0.05, 0.1) is 18.4 Å². The van der Waals surface area contributed by atoms with Crippen molar-refractivity contribution in [1.29, 1.82) is 0 Å². The van der Waals surface area contributed by atoms with E-state index in [1.807, 2.05) is 17.5 Å². The number of nitrogens with zero attached hydrogens (tertiary/aromatic N) is 1. The molecule has 2 fully saturated rings. The highest BCUT2D eigenvalue weighted by molar-refractivity contribution is 8.00. The Kier molecular flexibility index (Phi) is 6.05. The molecule has 0 unspecified atom stereocenters. The van der Waals surface area contributed by atoms with Crippen molar-refractivity contribution < 1.29 is 19.1 Å². The topological polar surface area (TPSA) is 87.7 Å². The lowest BCUT2D eigenvalue weighted by Crippen LogP contribution is -2.47. The molecule has 2 atom stereocenters. The molecule has 1 aromatic heterocycles. The Labute approximate surface area is 205 Å². The predicted molar refractivity (Wildman–Crippen MR) is 134 cm³/mol. The van der Waals surface area contributed by atoms with Crippen molar-refractivity contribution in [3.8, 4) is 5.75 Å². The van der Waals surface area contributed by atoms with Gasteiger partial charge in [-0.15, -0.1) is 23.1 Å². The van der Waals surface area contributed by atoms with Gasteiger partial charge in [0.25, 0.3) is 5.91 Å². The van der Waals surface area contributed by atoms with Crippen LogP contribution in [0.5, 0.6) is 5.75 Å². The van der Waals surface area contributed by atoms with E-state index in [2.05, 4.69) is 10.6 Å². The lowest BCUT2D eigenvalue weighted by atomic mass is 10.1. The Morgan fingerprint density at radius 3 is 2.74 bits per heavy atom. The number of amides is 3. The Bertz CT molecular complexity index is 1250. The summed E-state index contributed by atoms with van der Waals surface area (Å²) in [5, 5.41) is 7.75. The quantitative estimate of drug-likeness (QED) is 0.527. The number of nitrogens with one attached hydrogen (secondary N) is 2. The molecule has 0 aliphatic carbocycles. The molecule has 3 amide bonds. The van der Waals surface area contributed by atoms with Gasteiger partial charge in [0, 0.05) is 28.8 Å². The van der Waals surface area contributed by atoms with Gasteiger partial charge in [0.15, 0.2) is 0 Å². The summed E-state index contributed by atoms with van der Waals surface area (Å²) >= 11 is 3.26. The highest BCUT2D eigenvalue weighted by Gasteiger charge is 2.57. The van der Waals surface area contributed by atoms with Gasteiger partial charge in [-0.2, -0.15) is 0 Å². The Morgan fingerprint density at radius 1 is 1.09 bits per heavy atom. The van der Waals surface area contributed by atoms with Gasteiger partial charge in [0.1, 0.15) is 16.7 Å². The van der Waals surface area contributed by atoms with Crippen LogP contribution in [0.3, 0.4) is 0 Å². The molecule has 0 bridgehead atoms. The van der Waals surface area contributed by atoms with Crippen molar-refractivity contribution in [2.45, 2.75) is 23.8 Å². The van der Waals surface area contributed by atoms with Gasteiger partial charge < -0.3 is 20.3 Å². The van der Waals surface area contributed by atoms with Crippen LogP contribution in [0.1, 0.15) is 28.1 Å². The third-order valence-electron chi connectivity index (χ3n) is 6.09. The molecular formula is C25H23N3O4S2. The Morgan fingerprint density at radius 2 is 1.94 bits per heavy atom. The molecule has 2 N–H and O–H groups in total. The molecule has 7 nitrogen and oxygen atoms in total. The van der Waals surface area contributed by atoms with Crippen molar-refractivity contribution >= 4 is 52.2 Å². The van der Waals surface area contributed by atoms with Crippen molar-refractivity contribution in [2.75, 3.05) is 23.5 Å². The first kappa shape index (κ1) is 22.5. The number of hydrogen-bond donors (Lipinski definition) is 2. The van der Waals surface area contributed by atoms with Crippen LogP contribution in [0.2, 0.25) is 0 Å². The summed E-state index contributed by atoms with van der Waals surface area (Å²) < 4.78 is 5.21. The maximum absolute atomic E-state index is 13.4. The van der Waals surface area contributed by atoms with Gasteiger partial charge in [0.2, 0.25) is 11.8 Å². The van der Waals surface area contributed by atoms with E-state index in [1.165, 1.54) is 0 Å². The van der Waals surface area contributed by atoms with Crippen LogP contribution in [-0.4, -0.2) is 41.5 Å². The number of carbonyl (C=O) groups excluding carboxylic acids is 3. The normalized spacial score (nSPS) is 21.3. The van der Waals surface area contributed by atoms with Crippen molar-refractivity contribution in [3.63, 3.8) is 0 Å². The summed E-state index contributed by atoms with van der Waals surface area (Å²) in [6.45, 7) is 0. The second kappa shape index (κ2) is 9.15. The maximum Gasteiger partial charge on any atom is 0.257 e. The molecule has 3 aromatic rings. The highest BCUT2D eigenvalue weighted by Crippen LogP contribution is 2.55. The van der Waals surface area contributed by atoms with Crippen LogP contribution in [-0.2, 0) is 14.5 Å². The van der Waals surface area contributed by atoms with E-state index in [4.69, 9.17) is 4.74 Å². The molecule has 2 aromatic carbocycles. The van der Waals surface area contributed by atoms with Gasteiger partial charge in [-0.3, -0.25) is 14.4 Å².